The monoisotopic (exact) mass is 713 g/mol. The SMILES string of the molecule is CCOc1cc(C(C)(C)C)ncc1C1=N[C@@](C)(c2ccc(Cl)cc2)[C@@](C)(c2ccc(Cl)cc2)N1C(=O)N1CCC(CC[S+](C)(=O)O)CC1. The summed E-state index contributed by atoms with van der Waals surface area (Å²) in [4.78, 5) is 29.2. The highest BCUT2D eigenvalue weighted by atomic mass is 35.5. The van der Waals surface area contributed by atoms with Gasteiger partial charge in [0.2, 0.25) is 10.2 Å². The van der Waals surface area contributed by atoms with E-state index in [0.717, 1.165) is 29.7 Å². The van der Waals surface area contributed by atoms with Gasteiger partial charge in [-0.3, -0.25) is 14.9 Å². The molecule has 1 saturated heterocycles. The average Bonchev–Trinajstić information content (AvgIpc) is 3.27. The van der Waals surface area contributed by atoms with Crippen molar-refractivity contribution in [3.8, 4) is 5.75 Å². The quantitative estimate of drug-likeness (QED) is 0.236. The van der Waals surface area contributed by atoms with Crippen LogP contribution in [0.5, 0.6) is 5.75 Å². The number of pyridine rings is 1. The number of amidine groups is 1. The van der Waals surface area contributed by atoms with Crippen LogP contribution in [0.15, 0.2) is 65.8 Å². The summed E-state index contributed by atoms with van der Waals surface area (Å²) in [6, 6.07) is 17.0. The average molecular weight is 715 g/mol. The second-order valence-electron chi connectivity index (χ2n) is 14.3. The van der Waals surface area contributed by atoms with E-state index in [0.29, 0.717) is 53.3 Å². The summed E-state index contributed by atoms with van der Waals surface area (Å²) in [5.41, 5.74) is 1.04. The Labute approximate surface area is 296 Å². The highest BCUT2D eigenvalue weighted by Gasteiger charge is 2.60. The van der Waals surface area contributed by atoms with Crippen molar-refractivity contribution in [1.82, 2.24) is 14.8 Å². The fourth-order valence-electron chi connectivity index (χ4n) is 6.80. The van der Waals surface area contributed by atoms with Crippen LogP contribution in [0.4, 0.5) is 4.79 Å². The molecule has 1 fully saturated rings. The number of benzene rings is 2. The van der Waals surface area contributed by atoms with Crippen molar-refractivity contribution in [2.75, 3.05) is 31.7 Å². The van der Waals surface area contributed by atoms with Gasteiger partial charge in [-0.25, -0.2) is 4.79 Å². The highest BCUT2D eigenvalue weighted by molar-refractivity contribution is 7.97. The summed E-state index contributed by atoms with van der Waals surface area (Å²) in [6.45, 7) is 13.8. The van der Waals surface area contributed by atoms with Crippen molar-refractivity contribution < 1.29 is 18.3 Å². The molecule has 3 aromatic rings. The molecule has 0 saturated carbocycles. The lowest BCUT2D eigenvalue weighted by atomic mass is 9.71. The third-order valence-electron chi connectivity index (χ3n) is 9.91. The van der Waals surface area contributed by atoms with E-state index in [4.69, 9.17) is 37.9 Å². The van der Waals surface area contributed by atoms with Gasteiger partial charge in [-0.2, -0.15) is 4.55 Å². The summed E-state index contributed by atoms with van der Waals surface area (Å²) < 4.78 is 28.1. The summed E-state index contributed by atoms with van der Waals surface area (Å²) in [7, 11) is -2.81. The van der Waals surface area contributed by atoms with E-state index in [-0.39, 0.29) is 23.1 Å². The molecule has 0 spiro atoms. The lowest BCUT2D eigenvalue weighted by molar-refractivity contribution is 0.0964. The number of hydrogen-bond acceptors (Lipinski definition) is 5. The molecule has 1 unspecified atom stereocenters. The highest BCUT2D eigenvalue weighted by Crippen LogP contribution is 2.54. The van der Waals surface area contributed by atoms with E-state index in [1.54, 1.807) is 6.20 Å². The van der Waals surface area contributed by atoms with Crippen LogP contribution in [-0.4, -0.2) is 62.9 Å². The van der Waals surface area contributed by atoms with Crippen molar-refractivity contribution >= 4 is 45.3 Å². The Balaban J connectivity index is 1.68. The molecule has 0 bridgehead atoms. The number of amides is 2. The smallest absolute Gasteiger partial charge is 0.326 e. The molecule has 0 radical (unpaired) electrons. The number of aromatic nitrogens is 1. The first-order chi connectivity index (χ1) is 22.5. The molecule has 11 heteroatoms. The van der Waals surface area contributed by atoms with Crippen LogP contribution in [0.25, 0.3) is 0 Å². The summed E-state index contributed by atoms with van der Waals surface area (Å²) in [6.07, 6.45) is 5.32. The van der Waals surface area contributed by atoms with Gasteiger partial charge in [-0.1, -0.05) is 72.4 Å². The van der Waals surface area contributed by atoms with Crippen molar-refractivity contribution in [3.05, 3.63) is 93.2 Å². The predicted octanol–water partition coefficient (Wildman–Crippen LogP) is 8.80. The zero-order chi connectivity index (χ0) is 35.1. The molecule has 1 aromatic heterocycles. The first-order valence-corrected chi connectivity index (χ1v) is 19.4. The molecule has 0 aliphatic carbocycles. The fourth-order valence-corrected chi connectivity index (χ4v) is 7.82. The first-order valence-electron chi connectivity index (χ1n) is 16.5. The summed E-state index contributed by atoms with van der Waals surface area (Å²) in [5.74, 6) is 1.62. The Morgan fingerprint density at radius 3 is 2.10 bits per heavy atom. The topological polar surface area (TPSA) is 95.3 Å². The molecule has 2 amide bonds. The normalized spacial score (nSPS) is 23.2. The third-order valence-corrected chi connectivity index (χ3v) is 11.4. The van der Waals surface area contributed by atoms with Gasteiger partial charge >= 0.3 is 6.03 Å². The van der Waals surface area contributed by atoms with Crippen molar-refractivity contribution in [2.24, 2.45) is 10.9 Å². The molecule has 2 aliphatic rings. The minimum atomic E-state index is -2.81. The van der Waals surface area contributed by atoms with E-state index in [9.17, 15) is 8.76 Å². The van der Waals surface area contributed by atoms with E-state index in [1.807, 2.05) is 71.3 Å². The molecule has 8 nitrogen and oxygen atoms in total. The van der Waals surface area contributed by atoms with Gasteiger partial charge in [0.05, 0.1) is 12.2 Å². The van der Waals surface area contributed by atoms with Crippen LogP contribution < -0.4 is 4.74 Å². The molecular weight excluding hydrogens is 667 g/mol. The number of rotatable bonds is 8. The number of nitrogens with zero attached hydrogens (tertiary/aromatic N) is 4. The lowest BCUT2D eigenvalue weighted by Crippen LogP contribution is -2.59. The zero-order valence-electron chi connectivity index (χ0n) is 28.9. The van der Waals surface area contributed by atoms with Crippen LogP contribution in [-0.2, 0) is 30.9 Å². The third kappa shape index (κ3) is 7.16. The predicted molar refractivity (Wildman–Crippen MR) is 196 cm³/mol. The number of aliphatic imine (C=N–C) groups is 1. The number of likely N-dealkylation sites (tertiary alicyclic amines) is 1. The number of carbonyl (C=O) groups excluding carboxylic acids is 1. The Morgan fingerprint density at radius 2 is 1.58 bits per heavy atom. The minimum Gasteiger partial charge on any atom is -0.493 e. The van der Waals surface area contributed by atoms with E-state index in [2.05, 4.69) is 34.6 Å². The maximum absolute atomic E-state index is 15.1. The maximum atomic E-state index is 15.1. The Morgan fingerprint density at radius 1 is 1.02 bits per heavy atom. The first kappa shape index (κ1) is 36.3. The Hall–Kier alpha value is -2.98. The molecule has 258 valence electrons. The molecule has 2 aromatic carbocycles. The minimum absolute atomic E-state index is 0.175. The number of halogens is 2. The Kier molecular flexibility index (Phi) is 10.4. The molecule has 1 N–H and O–H groups in total. The zero-order valence-corrected chi connectivity index (χ0v) is 31.3. The van der Waals surface area contributed by atoms with E-state index < -0.39 is 21.3 Å². The van der Waals surface area contributed by atoms with E-state index in [1.165, 1.54) is 6.26 Å². The van der Waals surface area contributed by atoms with E-state index >= 15 is 4.79 Å². The van der Waals surface area contributed by atoms with Crippen LogP contribution in [0.2, 0.25) is 10.0 Å². The van der Waals surface area contributed by atoms with Crippen molar-refractivity contribution in [2.45, 2.75) is 77.3 Å². The molecule has 3 atom stereocenters. The number of carbonyl (C=O) groups is 1. The van der Waals surface area contributed by atoms with Gasteiger partial charge in [0.25, 0.3) is 0 Å². The van der Waals surface area contributed by atoms with Gasteiger partial charge in [0.15, 0.2) is 0 Å². The van der Waals surface area contributed by atoms with Crippen LogP contribution >= 0.6 is 23.2 Å². The molecule has 3 heterocycles. The second kappa shape index (κ2) is 13.7. The van der Waals surface area contributed by atoms with Gasteiger partial charge < -0.3 is 9.64 Å². The second-order valence-corrected chi connectivity index (χ2v) is 17.5. The van der Waals surface area contributed by atoms with Gasteiger partial charge in [-0.15, -0.1) is 0 Å². The maximum Gasteiger partial charge on any atom is 0.326 e. The molecule has 2 aliphatic heterocycles. The molecule has 5 rings (SSSR count). The lowest BCUT2D eigenvalue weighted by Gasteiger charge is -2.47. The van der Waals surface area contributed by atoms with Crippen LogP contribution in [0.3, 0.4) is 0 Å². The van der Waals surface area contributed by atoms with Gasteiger partial charge in [-0.05, 0) is 81.3 Å². The number of piperidine rings is 1. The fraction of sp³-hybridized carbons (Fsp3) is 0.486. The van der Waals surface area contributed by atoms with Gasteiger partial charge in [0, 0.05) is 46.5 Å². The number of urea groups is 1. The molecule has 48 heavy (non-hydrogen) atoms. The van der Waals surface area contributed by atoms with Gasteiger partial charge in [0.1, 0.15) is 34.7 Å². The number of ether oxygens (including phenoxy) is 1. The number of hydrogen-bond donors (Lipinski definition) is 1. The molecular formula is C37H47Cl2N4O4S+. The summed E-state index contributed by atoms with van der Waals surface area (Å²) in [5, 5.41) is 1.20. The van der Waals surface area contributed by atoms with Crippen molar-refractivity contribution in [1.29, 1.82) is 0 Å². The standard InChI is InChI=1S/C37H46Cl2N4O4S/c1-8-47-31-23-32(35(2,3)4)40-24-30(31)33-41-36(5,26-9-13-28(38)14-10-26)37(6,27-11-15-29(39)16-12-27)43(33)34(44)42-20-17-25(18-21-42)19-22-48(7,45)46/h9-16,23-25H,8,17-22H2,1-7H3/p+1/t36-,37+/m0/s1. The van der Waals surface area contributed by atoms with Crippen LogP contribution in [0.1, 0.15) is 83.2 Å². The largest absolute Gasteiger partial charge is 0.493 e. The van der Waals surface area contributed by atoms with Crippen LogP contribution in [0, 0.1) is 5.92 Å². The Bertz CT molecular complexity index is 1710. The van der Waals surface area contributed by atoms with Crippen molar-refractivity contribution in [3.63, 3.8) is 0 Å². The summed E-state index contributed by atoms with van der Waals surface area (Å²) >= 11 is 12.8.